The van der Waals surface area contributed by atoms with Gasteiger partial charge in [0.05, 0.1) is 12.1 Å². The molecule has 0 fully saturated rings. The lowest BCUT2D eigenvalue weighted by atomic mass is 10.0. The summed E-state index contributed by atoms with van der Waals surface area (Å²) in [6.45, 7) is 5.22. The van der Waals surface area contributed by atoms with Crippen LogP contribution in [0.4, 0.5) is 0 Å². The number of phenolic OH excluding ortho intramolecular Hbond substituents is 1. The maximum atomic E-state index is 9.56. The van der Waals surface area contributed by atoms with E-state index in [1.165, 1.54) is 25.7 Å². The molecule has 124 valence electrons. The third-order valence-electron chi connectivity index (χ3n) is 3.67. The summed E-state index contributed by atoms with van der Waals surface area (Å²) in [5, 5.41) is 12.8. The summed E-state index contributed by atoms with van der Waals surface area (Å²) in [5.41, 5.74) is 1.05. The molecule has 3 nitrogen and oxygen atoms in total. The Labute approximate surface area is 140 Å². The van der Waals surface area contributed by atoms with Crippen LogP contribution in [0.3, 0.4) is 0 Å². The fraction of sp³-hybridized carbons (Fsp3) is 0.611. The Kier molecular flexibility index (Phi) is 8.90. The van der Waals surface area contributed by atoms with Crippen molar-refractivity contribution in [2.45, 2.75) is 58.9 Å². The van der Waals surface area contributed by atoms with E-state index in [4.69, 9.17) is 17.0 Å². The van der Waals surface area contributed by atoms with Crippen molar-refractivity contribution in [2.24, 2.45) is 5.92 Å². The van der Waals surface area contributed by atoms with Crippen LogP contribution in [-0.2, 0) is 6.54 Å². The van der Waals surface area contributed by atoms with Gasteiger partial charge in [0.1, 0.15) is 0 Å². The monoisotopic (exact) mass is 323 g/mol. The largest absolute Gasteiger partial charge is 0.504 e. The van der Waals surface area contributed by atoms with Crippen molar-refractivity contribution in [3.63, 3.8) is 0 Å². The van der Waals surface area contributed by atoms with Gasteiger partial charge in [0, 0.05) is 6.54 Å². The number of ether oxygens (including phenoxy) is 1. The van der Waals surface area contributed by atoms with E-state index in [1.54, 1.807) is 13.2 Å². The Bertz CT molecular complexity index is 460. The molecule has 0 saturated carbocycles. The molecule has 2 N–H and O–H groups in total. The smallest absolute Gasteiger partial charge is 0.160 e. The molecule has 0 amide bonds. The number of nitrogens with one attached hydrogen (secondary N) is 1. The van der Waals surface area contributed by atoms with Crippen LogP contribution >= 0.6 is 12.2 Å². The molecule has 0 radical (unpaired) electrons. The van der Waals surface area contributed by atoms with Gasteiger partial charge in [-0.25, -0.2) is 0 Å². The number of unbranched alkanes of at least 4 members (excludes halogenated alkanes) is 3. The van der Waals surface area contributed by atoms with E-state index >= 15 is 0 Å². The zero-order valence-electron chi connectivity index (χ0n) is 14.0. The molecule has 1 aromatic carbocycles. The topological polar surface area (TPSA) is 41.5 Å². The van der Waals surface area contributed by atoms with Crippen LogP contribution in [0.1, 0.15) is 57.9 Å². The first-order valence-corrected chi connectivity index (χ1v) is 8.56. The van der Waals surface area contributed by atoms with Crippen LogP contribution < -0.4 is 10.1 Å². The zero-order valence-corrected chi connectivity index (χ0v) is 14.8. The number of methoxy groups -OCH3 is 1. The lowest BCUT2D eigenvalue weighted by molar-refractivity contribution is 0.373. The summed E-state index contributed by atoms with van der Waals surface area (Å²) in [7, 11) is 1.55. The first kappa shape index (κ1) is 18.8. The molecule has 1 aromatic rings. The van der Waals surface area contributed by atoms with Gasteiger partial charge >= 0.3 is 0 Å². The van der Waals surface area contributed by atoms with Crippen LogP contribution in [-0.4, -0.2) is 17.2 Å². The third kappa shape index (κ3) is 7.64. The van der Waals surface area contributed by atoms with Crippen LogP contribution in [0, 0.1) is 5.92 Å². The molecular weight excluding hydrogens is 294 g/mol. The van der Waals surface area contributed by atoms with Gasteiger partial charge in [-0.2, -0.15) is 0 Å². The number of rotatable bonds is 10. The highest BCUT2D eigenvalue weighted by molar-refractivity contribution is 7.80. The molecule has 0 aliphatic heterocycles. The number of hydrogen-bond donors (Lipinski definition) is 2. The molecule has 0 saturated heterocycles. The number of phenols is 1. The highest BCUT2D eigenvalue weighted by atomic mass is 32.1. The maximum absolute atomic E-state index is 9.56. The van der Waals surface area contributed by atoms with Gasteiger partial charge < -0.3 is 15.2 Å². The lowest BCUT2D eigenvalue weighted by Gasteiger charge is -2.10. The van der Waals surface area contributed by atoms with Crippen molar-refractivity contribution in [3.8, 4) is 11.5 Å². The number of aromatic hydroxyl groups is 1. The molecule has 4 heteroatoms. The van der Waals surface area contributed by atoms with Crippen molar-refractivity contribution in [2.75, 3.05) is 7.11 Å². The van der Waals surface area contributed by atoms with Crippen molar-refractivity contribution < 1.29 is 9.84 Å². The fourth-order valence-electron chi connectivity index (χ4n) is 2.31. The number of thiocarbonyl (C=S) groups is 1. The highest BCUT2D eigenvalue weighted by Gasteiger charge is 2.03. The van der Waals surface area contributed by atoms with Crippen molar-refractivity contribution in [1.82, 2.24) is 5.32 Å². The molecule has 0 atom stereocenters. The van der Waals surface area contributed by atoms with Crippen molar-refractivity contribution >= 4 is 17.2 Å². The molecular formula is C18H29NO2S. The van der Waals surface area contributed by atoms with Gasteiger partial charge in [-0.15, -0.1) is 0 Å². The van der Waals surface area contributed by atoms with Gasteiger partial charge in [-0.1, -0.05) is 57.8 Å². The summed E-state index contributed by atoms with van der Waals surface area (Å²) in [5.74, 6) is 1.47. The Balaban J connectivity index is 2.18. The second-order valence-corrected chi connectivity index (χ2v) is 6.62. The van der Waals surface area contributed by atoms with E-state index in [2.05, 4.69) is 19.2 Å². The second-order valence-electron chi connectivity index (χ2n) is 6.13. The van der Waals surface area contributed by atoms with Gasteiger partial charge in [-0.05, 0) is 36.5 Å². The predicted octanol–water partition coefficient (Wildman–Crippen LogP) is 4.81. The third-order valence-corrected chi connectivity index (χ3v) is 4.02. The second kappa shape index (κ2) is 10.4. The standard InChI is InChI=1S/C18H29NO2S/c1-14(2)8-6-4-5-7-9-18(22)19-13-15-10-11-16(20)17(12-15)21-3/h10-12,14,20H,4-9,13H2,1-3H3,(H,19,22). The lowest BCUT2D eigenvalue weighted by Crippen LogP contribution is -2.20. The van der Waals surface area contributed by atoms with Gasteiger partial charge in [0.25, 0.3) is 0 Å². The summed E-state index contributed by atoms with van der Waals surface area (Å²) in [6.07, 6.45) is 7.31. The van der Waals surface area contributed by atoms with Gasteiger partial charge in [-0.3, -0.25) is 0 Å². The summed E-state index contributed by atoms with van der Waals surface area (Å²) < 4.78 is 5.10. The van der Waals surface area contributed by atoms with Crippen molar-refractivity contribution in [3.05, 3.63) is 23.8 Å². The highest BCUT2D eigenvalue weighted by Crippen LogP contribution is 2.26. The van der Waals surface area contributed by atoms with Gasteiger partial charge in [0.2, 0.25) is 0 Å². The predicted molar refractivity (Wildman–Crippen MR) is 96.6 cm³/mol. The molecule has 0 spiro atoms. The van der Waals surface area contributed by atoms with Gasteiger partial charge in [0.15, 0.2) is 11.5 Å². The average Bonchev–Trinajstić information content (AvgIpc) is 2.49. The molecule has 0 unspecified atom stereocenters. The minimum atomic E-state index is 0.162. The van der Waals surface area contributed by atoms with Crippen LogP contribution in [0.25, 0.3) is 0 Å². The molecule has 0 aliphatic rings. The van der Waals surface area contributed by atoms with Crippen LogP contribution in [0.5, 0.6) is 11.5 Å². The minimum absolute atomic E-state index is 0.162. The summed E-state index contributed by atoms with van der Waals surface area (Å²) in [6, 6.07) is 5.35. The quantitative estimate of drug-likeness (QED) is 0.479. The van der Waals surface area contributed by atoms with Crippen LogP contribution in [0.2, 0.25) is 0 Å². The Morgan fingerprint density at radius 1 is 1.23 bits per heavy atom. The Morgan fingerprint density at radius 2 is 1.95 bits per heavy atom. The SMILES string of the molecule is COc1cc(CNC(=S)CCCCCCC(C)C)ccc1O. The first-order chi connectivity index (χ1) is 10.5. The van der Waals surface area contributed by atoms with E-state index < -0.39 is 0 Å². The van der Waals surface area contributed by atoms with E-state index in [0.717, 1.165) is 29.3 Å². The van der Waals surface area contributed by atoms with Crippen molar-refractivity contribution in [1.29, 1.82) is 0 Å². The maximum Gasteiger partial charge on any atom is 0.160 e. The Hall–Kier alpha value is -1.29. The minimum Gasteiger partial charge on any atom is -0.504 e. The number of benzene rings is 1. The van der Waals surface area contributed by atoms with E-state index in [1.807, 2.05) is 12.1 Å². The first-order valence-electron chi connectivity index (χ1n) is 8.15. The summed E-state index contributed by atoms with van der Waals surface area (Å²) >= 11 is 5.37. The van der Waals surface area contributed by atoms with E-state index in [0.29, 0.717) is 12.3 Å². The van der Waals surface area contributed by atoms with E-state index in [-0.39, 0.29) is 5.75 Å². The van der Waals surface area contributed by atoms with Crippen LogP contribution in [0.15, 0.2) is 18.2 Å². The average molecular weight is 324 g/mol. The molecule has 0 bridgehead atoms. The molecule has 0 aliphatic carbocycles. The summed E-state index contributed by atoms with van der Waals surface area (Å²) in [4.78, 5) is 0.913. The number of hydrogen-bond acceptors (Lipinski definition) is 3. The Morgan fingerprint density at radius 3 is 2.64 bits per heavy atom. The molecule has 1 rings (SSSR count). The molecule has 22 heavy (non-hydrogen) atoms. The molecule has 0 aromatic heterocycles. The fourth-order valence-corrected chi connectivity index (χ4v) is 2.53. The molecule has 0 heterocycles. The van der Waals surface area contributed by atoms with E-state index in [9.17, 15) is 5.11 Å². The zero-order chi connectivity index (χ0) is 16.4. The normalized spacial score (nSPS) is 10.7.